The second-order valence-electron chi connectivity index (χ2n) is 3.92. The minimum atomic E-state index is -0.0367. The molecule has 4 heteroatoms. The number of nitrogens with two attached hydrogens (primary N) is 1. The largest absolute Gasteiger partial charge is 0.397 e. The summed E-state index contributed by atoms with van der Waals surface area (Å²) in [4.78, 5) is 13.6. The highest BCUT2D eigenvalue weighted by Gasteiger charge is 2.08. The molecule has 4 nitrogen and oxygen atoms in total. The molecule has 0 unspecified atom stereocenters. The van der Waals surface area contributed by atoms with Gasteiger partial charge in [-0.05, 0) is 32.1 Å². The Bertz CT molecular complexity index is 356. The van der Waals surface area contributed by atoms with Crippen molar-refractivity contribution in [3.63, 3.8) is 0 Å². The van der Waals surface area contributed by atoms with Gasteiger partial charge in [-0.15, -0.1) is 0 Å². The third kappa shape index (κ3) is 3.24. The molecule has 88 valence electrons. The fourth-order valence-corrected chi connectivity index (χ4v) is 1.40. The average Bonchev–Trinajstić information content (AvgIpc) is 2.23. The molecule has 1 amide bonds. The summed E-state index contributed by atoms with van der Waals surface area (Å²) in [7, 11) is 1.90. The molecule has 0 atom stereocenters. The minimum Gasteiger partial charge on any atom is -0.397 e. The molecule has 0 heterocycles. The normalized spacial score (nSPS) is 10.5. The highest BCUT2D eigenvalue weighted by molar-refractivity contribution is 5.96. The first kappa shape index (κ1) is 12.5. The molecule has 0 aliphatic rings. The Balaban J connectivity index is 2.70. The summed E-state index contributed by atoms with van der Waals surface area (Å²) < 4.78 is 0. The van der Waals surface area contributed by atoms with Gasteiger partial charge in [0.2, 0.25) is 5.91 Å². The van der Waals surface area contributed by atoms with E-state index in [0.717, 1.165) is 17.8 Å². The smallest absolute Gasteiger partial charge is 0.238 e. The van der Waals surface area contributed by atoms with E-state index < -0.39 is 0 Å². The topological polar surface area (TPSA) is 58.4 Å². The van der Waals surface area contributed by atoms with Crippen molar-refractivity contribution >= 4 is 17.3 Å². The predicted octanol–water partition coefficient (Wildman–Crippen LogP) is 1.47. The molecule has 0 aromatic heterocycles. The number of rotatable bonds is 4. The van der Waals surface area contributed by atoms with Gasteiger partial charge in [0.25, 0.3) is 0 Å². The summed E-state index contributed by atoms with van der Waals surface area (Å²) in [6.07, 6.45) is 0. The Morgan fingerprint density at radius 3 is 2.75 bits per heavy atom. The number of benzene rings is 1. The lowest BCUT2D eigenvalue weighted by atomic mass is 10.1. The van der Waals surface area contributed by atoms with E-state index in [9.17, 15) is 4.79 Å². The maximum atomic E-state index is 11.7. The molecule has 16 heavy (non-hydrogen) atoms. The second-order valence-corrected chi connectivity index (χ2v) is 3.92. The Hall–Kier alpha value is -1.55. The standard InChI is InChI=1S/C12H19N3O/c1-4-15(3)8-11(16)14-12-9(2)6-5-7-10(12)13/h5-7H,4,8,13H2,1-3H3,(H,14,16). The van der Waals surface area contributed by atoms with Crippen molar-refractivity contribution in [2.45, 2.75) is 13.8 Å². The van der Waals surface area contributed by atoms with Gasteiger partial charge in [0.15, 0.2) is 0 Å². The number of nitrogens with zero attached hydrogens (tertiary/aromatic N) is 1. The summed E-state index contributed by atoms with van der Waals surface area (Å²) in [6.45, 7) is 5.16. The number of hydrogen-bond acceptors (Lipinski definition) is 3. The molecular formula is C12H19N3O. The van der Waals surface area contributed by atoms with E-state index in [1.54, 1.807) is 6.07 Å². The number of carbonyl (C=O) groups excluding carboxylic acids is 1. The van der Waals surface area contributed by atoms with Crippen LogP contribution in [0.5, 0.6) is 0 Å². The maximum absolute atomic E-state index is 11.7. The van der Waals surface area contributed by atoms with Gasteiger partial charge in [0.05, 0.1) is 17.9 Å². The third-order valence-electron chi connectivity index (χ3n) is 2.52. The Morgan fingerprint density at radius 1 is 1.50 bits per heavy atom. The van der Waals surface area contributed by atoms with Crippen LogP contribution in [-0.4, -0.2) is 30.9 Å². The second kappa shape index (κ2) is 5.51. The van der Waals surface area contributed by atoms with E-state index in [1.807, 2.05) is 37.9 Å². The number of aryl methyl sites for hydroxylation is 1. The number of anilines is 2. The van der Waals surface area contributed by atoms with Crippen molar-refractivity contribution in [1.29, 1.82) is 0 Å². The van der Waals surface area contributed by atoms with Crippen molar-refractivity contribution in [2.75, 3.05) is 31.2 Å². The predicted molar refractivity (Wildman–Crippen MR) is 67.4 cm³/mol. The SMILES string of the molecule is CCN(C)CC(=O)Nc1c(C)cccc1N. The molecule has 1 aromatic rings. The summed E-state index contributed by atoms with van der Waals surface area (Å²) in [5, 5.41) is 2.84. The van der Waals surface area contributed by atoms with Crippen LogP contribution < -0.4 is 11.1 Å². The number of carbonyl (C=O) groups is 1. The minimum absolute atomic E-state index is 0.0367. The van der Waals surface area contributed by atoms with Crippen LogP contribution in [0, 0.1) is 6.92 Å². The van der Waals surface area contributed by atoms with E-state index >= 15 is 0 Å². The van der Waals surface area contributed by atoms with E-state index in [-0.39, 0.29) is 5.91 Å². The molecule has 0 fully saturated rings. The van der Waals surface area contributed by atoms with Crippen molar-refractivity contribution in [3.8, 4) is 0 Å². The van der Waals surface area contributed by atoms with Gasteiger partial charge in [0, 0.05) is 0 Å². The van der Waals surface area contributed by atoms with Crippen LogP contribution >= 0.6 is 0 Å². The highest BCUT2D eigenvalue weighted by atomic mass is 16.2. The molecule has 1 rings (SSSR count). The van der Waals surface area contributed by atoms with Crippen LogP contribution in [0.4, 0.5) is 11.4 Å². The summed E-state index contributed by atoms with van der Waals surface area (Å²) in [5.41, 5.74) is 8.11. The van der Waals surface area contributed by atoms with Gasteiger partial charge in [-0.2, -0.15) is 0 Å². The lowest BCUT2D eigenvalue weighted by Crippen LogP contribution is -2.30. The first-order valence-electron chi connectivity index (χ1n) is 5.38. The van der Waals surface area contributed by atoms with Crippen LogP contribution in [0.25, 0.3) is 0 Å². The summed E-state index contributed by atoms with van der Waals surface area (Å²) in [6, 6.07) is 5.58. The van der Waals surface area contributed by atoms with E-state index in [2.05, 4.69) is 5.32 Å². The van der Waals surface area contributed by atoms with E-state index in [1.165, 1.54) is 0 Å². The van der Waals surface area contributed by atoms with Crippen LogP contribution in [-0.2, 0) is 4.79 Å². The van der Waals surface area contributed by atoms with Crippen molar-refractivity contribution < 1.29 is 4.79 Å². The molecule has 0 saturated heterocycles. The third-order valence-corrected chi connectivity index (χ3v) is 2.52. The van der Waals surface area contributed by atoms with Gasteiger partial charge in [0.1, 0.15) is 0 Å². The summed E-state index contributed by atoms with van der Waals surface area (Å²) >= 11 is 0. The fraction of sp³-hybridized carbons (Fsp3) is 0.417. The molecular weight excluding hydrogens is 202 g/mol. The van der Waals surface area contributed by atoms with Gasteiger partial charge in [-0.25, -0.2) is 0 Å². The number of hydrogen-bond donors (Lipinski definition) is 2. The zero-order chi connectivity index (χ0) is 12.1. The molecule has 0 aliphatic carbocycles. The number of para-hydroxylation sites is 1. The Labute approximate surface area is 96.4 Å². The fourth-order valence-electron chi connectivity index (χ4n) is 1.40. The van der Waals surface area contributed by atoms with Crippen LogP contribution in [0.15, 0.2) is 18.2 Å². The van der Waals surface area contributed by atoms with Crippen molar-refractivity contribution in [1.82, 2.24) is 4.90 Å². The Kier molecular flexibility index (Phi) is 4.31. The van der Waals surface area contributed by atoms with Gasteiger partial charge in [-0.3, -0.25) is 9.69 Å². The molecule has 1 aromatic carbocycles. The van der Waals surface area contributed by atoms with E-state index in [0.29, 0.717) is 12.2 Å². The lowest BCUT2D eigenvalue weighted by molar-refractivity contribution is -0.117. The monoisotopic (exact) mass is 221 g/mol. The molecule has 0 saturated carbocycles. The van der Waals surface area contributed by atoms with Crippen LogP contribution in [0.3, 0.4) is 0 Å². The molecule has 0 bridgehead atoms. The Morgan fingerprint density at radius 2 is 2.19 bits per heavy atom. The quantitative estimate of drug-likeness (QED) is 0.757. The lowest BCUT2D eigenvalue weighted by Gasteiger charge is -2.15. The van der Waals surface area contributed by atoms with Crippen LogP contribution in [0.1, 0.15) is 12.5 Å². The van der Waals surface area contributed by atoms with Crippen LogP contribution in [0.2, 0.25) is 0 Å². The number of likely N-dealkylation sites (N-methyl/N-ethyl adjacent to an activating group) is 1. The number of amides is 1. The first-order chi connectivity index (χ1) is 7.54. The molecule has 3 N–H and O–H groups in total. The molecule has 0 radical (unpaired) electrons. The molecule has 0 spiro atoms. The van der Waals surface area contributed by atoms with Gasteiger partial charge >= 0.3 is 0 Å². The maximum Gasteiger partial charge on any atom is 0.238 e. The first-order valence-corrected chi connectivity index (χ1v) is 5.38. The van der Waals surface area contributed by atoms with E-state index in [4.69, 9.17) is 5.73 Å². The van der Waals surface area contributed by atoms with Gasteiger partial charge in [-0.1, -0.05) is 19.1 Å². The highest BCUT2D eigenvalue weighted by Crippen LogP contribution is 2.22. The zero-order valence-electron chi connectivity index (χ0n) is 10.1. The average molecular weight is 221 g/mol. The van der Waals surface area contributed by atoms with Gasteiger partial charge < -0.3 is 11.1 Å². The molecule has 0 aliphatic heterocycles. The van der Waals surface area contributed by atoms with Crippen molar-refractivity contribution in [3.05, 3.63) is 23.8 Å². The number of nitrogens with one attached hydrogen (secondary N) is 1. The summed E-state index contributed by atoms with van der Waals surface area (Å²) in [5.74, 6) is -0.0367. The number of nitrogen functional groups attached to an aromatic ring is 1. The zero-order valence-corrected chi connectivity index (χ0v) is 10.1. The van der Waals surface area contributed by atoms with Crippen molar-refractivity contribution in [2.24, 2.45) is 0 Å².